The minimum atomic E-state index is -0.660. The van der Waals surface area contributed by atoms with E-state index in [4.69, 9.17) is 5.73 Å². The molecule has 0 radical (unpaired) electrons. The molecule has 1 unspecified atom stereocenters. The van der Waals surface area contributed by atoms with Crippen LogP contribution in [0.1, 0.15) is 30.9 Å². The van der Waals surface area contributed by atoms with Crippen LogP contribution in [0.5, 0.6) is 0 Å². The third-order valence-corrected chi connectivity index (χ3v) is 4.40. The molecule has 0 bridgehead atoms. The van der Waals surface area contributed by atoms with Gasteiger partial charge in [0.05, 0.1) is 18.5 Å². The van der Waals surface area contributed by atoms with Gasteiger partial charge < -0.3 is 5.73 Å². The number of amides is 2. The van der Waals surface area contributed by atoms with E-state index in [0.29, 0.717) is 6.54 Å². The molecular weight excluding hydrogens is 266 g/mol. The van der Waals surface area contributed by atoms with E-state index < -0.39 is 6.04 Å². The van der Waals surface area contributed by atoms with Crippen LogP contribution in [0.4, 0.5) is 0 Å². The fourth-order valence-electron chi connectivity index (χ4n) is 3.23. The molecule has 3 rings (SSSR count). The number of hydrogen-bond acceptors (Lipinski definition) is 4. The Morgan fingerprint density at radius 3 is 2.38 bits per heavy atom. The predicted octanol–water partition coefficient (Wildman–Crippen LogP) is 0.910. The van der Waals surface area contributed by atoms with Gasteiger partial charge in [-0.05, 0) is 31.5 Å². The van der Waals surface area contributed by atoms with Crippen molar-refractivity contribution in [2.75, 3.05) is 19.6 Å². The lowest BCUT2D eigenvalue weighted by Crippen LogP contribution is -2.42. The first-order valence-corrected chi connectivity index (χ1v) is 7.55. The molecule has 2 saturated heterocycles. The lowest BCUT2D eigenvalue weighted by Gasteiger charge is -2.31. The van der Waals surface area contributed by atoms with E-state index in [9.17, 15) is 9.59 Å². The Morgan fingerprint density at radius 2 is 1.81 bits per heavy atom. The molecule has 0 aliphatic carbocycles. The highest BCUT2D eigenvalue weighted by Gasteiger charge is 2.38. The summed E-state index contributed by atoms with van der Waals surface area (Å²) in [7, 11) is 0. The lowest BCUT2D eigenvalue weighted by atomic mass is 10.1. The topological polar surface area (TPSA) is 66.6 Å². The minimum absolute atomic E-state index is 0.0758. The highest BCUT2D eigenvalue weighted by atomic mass is 16.2. The Hall–Kier alpha value is -1.72. The molecule has 21 heavy (non-hydrogen) atoms. The first-order valence-electron chi connectivity index (χ1n) is 7.55. The summed E-state index contributed by atoms with van der Waals surface area (Å²) in [6.45, 7) is 2.44. The fraction of sp³-hybridized carbons (Fsp3) is 0.500. The standard InChI is InChI=1S/C16H21N3O2/c17-13-10-15(20)19(16(13)21)11-14(18-8-4-5-9-18)12-6-2-1-3-7-12/h1-3,6-7,13-14H,4-5,8-11,17H2/t13-,14?/m0/s1. The predicted molar refractivity (Wildman–Crippen MR) is 79.3 cm³/mol. The van der Waals surface area contributed by atoms with Gasteiger partial charge in [0.2, 0.25) is 11.8 Å². The van der Waals surface area contributed by atoms with Crippen molar-refractivity contribution in [2.24, 2.45) is 5.73 Å². The molecule has 2 amide bonds. The fourth-order valence-corrected chi connectivity index (χ4v) is 3.23. The molecule has 2 aliphatic heterocycles. The van der Waals surface area contributed by atoms with Crippen molar-refractivity contribution in [3.05, 3.63) is 35.9 Å². The van der Waals surface area contributed by atoms with E-state index in [2.05, 4.69) is 17.0 Å². The monoisotopic (exact) mass is 287 g/mol. The van der Waals surface area contributed by atoms with Gasteiger partial charge >= 0.3 is 0 Å². The van der Waals surface area contributed by atoms with Crippen molar-refractivity contribution >= 4 is 11.8 Å². The van der Waals surface area contributed by atoms with E-state index in [0.717, 1.165) is 18.7 Å². The van der Waals surface area contributed by atoms with Gasteiger partial charge in [0.15, 0.2) is 0 Å². The number of nitrogens with zero attached hydrogens (tertiary/aromatic N) is 2. The Morgan fingerprint density at radius 1 is 1.14 bits per heavy atom. The highest BCUT2D eigenvalue weighted by molar-refractivity contribution is 6.05. The SMILES string of the molecule is N[C@H]1CC(=O)N(CC(c2ccccc2)N2CCCC2)C1=O. The molecule has 5 heteroatoms. The summed E-state index contributed by atoms with van der Waals surface area (Å²) < 4.78 is 0. The first kappa shape index (κ1) is 14.2. The van der Waals surface area contributed by atoms with Crippen molar-refractivity contribution in [3.63, 3.8) is 0 Å². The van der Waals surface area contributed by atoms with E-state index >= 15 is 0 Å². The number of carbonyl (C=O) groups is 2. The number of imide groups is 1. The molecule has 2 atom stereocenters. The first-order chi connectivity index (χ1) is 10.2. The van der Waals surface area contributed by atoms with Crippen molar-refractivity contribution in [2.45, 2.75) is 31.3 Å². The maximum Gasteiger partial charge on any atom is 0.246 e. The van der Waals surface area contributed by atoms with E-state index in [1.807, 2.05) is 18.2 Å². The van der Waals surface area contributed by atoms with Crippen LogP contribution < -0.4 is 5.73 Å². The van der Waals surface area contributed by atoms with Crippen molar-refractivity contribution < 1.29 is 9.59 Å². The summed E-state index contributed by atoms with van der Waals surface area (Å²) in [4.78, 5) is 27.8. The number of carbonyl (C=O) groups excluding carboxylic acids is 2. The maximum absolute atomic E-state index is 12.1. The molecule has 1 aromatic rings. The van der Waals surface area contributed by atoms with Crippen molar-refractivity contribution in [1.82, 2.24) is 9.80 Å². The van der Waals surface area contributed by atoms with Gasteiger partial charge in [-0.15, -0.1) is 0 Å². The number of nitrogens with two attached hydrogens (primary N) is 1. The summed E-state index contributed by atoms with van der Waals surface area (Å²) in [6.07, 6.45) is 2.48. The lowest BCUT2D eigenvalue weighted by molar-refractivity contribution is -0.139. The number of hydrogen-bond donors (Lipinski definition) is 1. The zero-order valence-corrected chi connectivity index (χ0v) is 12.1. The molecule has 1 aromatic carbocycles. The minimum Gasteiger partial charge on any atom is -0.319 e. The average Bonchev–Trinajstić information content (AvgIpc) is 3.09. The van der Waals surface area contributed by atoms with Gasteiger partial charge in [-0.2, -0.15) is 0 Å². The quantitative estimate of drug-likeness (QED) is 0.836. The zero-order valence-electron chi connectivity index (χ0n) is 12.1. The van der Waals surface area contributed by atoms with Crippen LogP contribution in [0.15, 0.2) is 30.3 Å². The molecule has 2 N–H and O–H groups in total. The Balaban J connectivity index is 1.82. The van der Waals surface area contributed by atoms with E-state index in [1.54, 1.807) is 0 Å². The summed E-state index contributed by atoms with van der Waals surface area (Å²) in [5.41, 5.74) is 6.85. The van der Waals surface area contributed by atoms with Crippen LogP contribution in [-0.4, -0.2) is 47.3 Å². The Kier molecular flexibility index (Phi) is 4.03. The van der Waals surface area contributed by atoms with Gasteiger partial charge in [-0.25, -0.2) is 0 Å². The van der Waals surface area contributed by atoms with Gasteiger partial charge in [0.25, 0.3) is 0 Å². The maximum atomic E-state index is 12.1. The number of likely N-dealkylation sites (tertiary alicyclic amines) is 2. The molecule has 0 spiro atoms. The van der Waals surface area contributed by atoms with Gasteiger partial charge in [0.1, 0.15) is 0 Å². The van der Waals surface area contributed by atoms with Crippen LogP contribution in [0.25, 0.3) is 0 Å². The second-order valence-electron chi connectivity index (χ2n) is 5.82. The van der Waals surface area contributed by atoms with Gasteiger partial charge in [0, 0.05) is 6.54 Å². The molecule has 0 saturated carbocycles. The van der Waals surface area contributed by atoms with Crippen LogP contribution in [-0.2, 0) is 9.59 Å². The largest absolute Gasteiger partial charge is 0.319 e. The zero-order chi connectivity index (χ0) is 14.8. The summed E-state index contributed by atoms with van der Waals surface area (Å²) in [5, 5.41) is 0. The molecule has 0 aromatic heterocycles. The second kappa shape index (κ2) is 5.95. The molecule has 112 valence electrons. The number of benzene rings is 1. The summed E-state index contributed by atoms with van der Waals surface area (Å²) in [6, 6.07) is 9.52. The van der Waals surface area contributed by atoms with Crippen LogP contribution in [0, 0.1) is 0 Å². The smallest absolute Gasteiger partial charge is 0.246 e. The normalized spacial score (nSPS) is 24.8. The number of rotatable bonds is 4. The van der Waals surface area contributed by atoms with Gasteiger partial charge in [-0.1, -0.05) is 30.3 Å². The van der Waals surface area contributed by atoms with Crippen molar-refractivity contribution in [1.29, 1.82) is 0 Å². The summed E-state index contributed by atoms with van der Waals surface area (Å²) >= 11 is 0. The van der Waals surface area contributed by atoms with Crippen LogP contribution in [0.3, 0.4) is 0 Å². The third kappa shape index (κ3) is 2.84. The van der Waals surface area contributed by atoms with E-state index in [1.165, 1.54) is 17.7 Å². The van der Waals surface area contributed by atoms with Crippen LogP contribution >= 0.6 is 0 Å². The third-order valence-electron chi connectivity index (χ3n) is 4.40. The highest BCUT2D eigenvalue weighted by Crippen LogP contribution is 2.27. The Labute approximate surface area is 124 Å². The van der Waals surface area contributed by atoms with Crippen LogP contribution in [0.2, 0.25) is 0 Å². The second-order valence-corrected chi connectivity index (χ2v) is 5.82. The Bertz CT molecular complexity index is 526. The molecular formula is C16H21N3O2. The van der Waals surface area contributed by atoms with E-state index in [-0.39, 0.29) is 24.3 Å². The van der Waals surface area contributed by atoms with Crippen molar-refractivity contribution in [3.8, 4) is 0 Å². The molecule has 5 nitrogen and oxygen atoms in total. The summed E-state index contributed by atoms with van der Waals surface area (Å²) in [5.74, 6) is -0.382. The molecule has 2 aliphatic rings. The molecule has 2 fully saturated rings. The molecule has 2 heterocycles. The average molecular weight is 287 g/mol. The van der Waals surface area contributed by atoms with Gasteiger partial charge in [-0.3, -0.25) is 19.4 Å².